The Kier molecular flexibility index (Phi) is 4.19. The number of carbonyl (C=O) groups excluding carboxylic acids is 1. The number of methoxy groups -OCH3 is 1. The minimum Gasteiger partial charge on any atom is -0.383 e. The summed E-state index contributed by atoms with van der Waals surface area (Å²) in [5, 5.41) is 2.58. The molecular formula is C10H15N3O3. The lowest BCUT2D eigenvalue weighted by Gasteiger charge is -2.06. The molecule has 1 amide bonds. The van der Waals surface area contributed by atoms with Gasteiger partial charge in [-0.3, -0.25) is 9.59 Å². The van der Waals surface area contributed by atoms with Crippen molar-refractivity contribution >= 4 is 5.91 Å². The zero-order chi connectivity index (χ0) is 12.1. The van der Waals surface area contributed by atoms with Crippen LogP contribution in [-0.4, -0.2) is 36.1 Å². The first-order chi connectivity index (χ1) is 7.56. The van der Waals surface area contributed by atoms with E-state index in [1.165, 1.54) is 7.11 Å². The highest BCUT2D eigenvalue weighted by atomic mass is 16.5. The summed E-state index contributed by atoms with van der Waals surface area (Å²) in [5.74, 6) is 0.0687. The Morgan fingerprint density at radius 2 is 2.19 bits per heavy atom. The normalized spacial score (nSPS) is 10.2. The van der Waals surface area contributed by atoms with Crippen molar-refractivity contribution in [2.24, 2.45) is 0 Å². The van der Waals surface area contributed by atoms with Crippen LogP contribution < -0.4 is 10.9 Å². The second-order valence-corrected chi connectivity index (χ2v) is 3.36. The van der Waals surface area contributed by atoms with Crippen molar-refractivity contribution in [3.05, 3.63) is 27.4 Å². The van der Waals surface area contributed by atoms with Gasteiger partial charge in [-0.25, -0.2) is 4.98 Å². The maximum Gasteiger partial charge on any atom is 0.264 e. The molecule has 0 aliphatic heterocycles. The van der Waals surface area contributed by atoms with Gasteiger partial charge in [0, 0.05) is 13.7 Å². The molecule has 1 rings (SSSR count). The second kappa shape index (κ2) is 5.41. The number of aryl methyl sites for hydroxylation is 2. The monoisotopic (exact) mass is 225 g/mol. The van der Waals surface area contributed by atoms with Crippen LogP contribution in [0.5, 0.6) is 0 Å². The molecule has 2 N–H and O–H groups in total. The van der Waals surface area contributed by atoms with E-state index in [9.17, 15) is 9.59 Å². The summed E-state index contributed by atoms with van der Waals surface area (Å²) < 4.78 is 4.79. The van der Waals surface area contributed by atoms with E-state index in [1.807, 2.05) is 0 Å². The number of aromatic nitrogens is 2. The maximum atomic E-state index is 11.6. The van der Waals surface area contributed by atoms with E-state index in [1.54, 1.807) is 13.8 Å². The third-order valence-corrected chi connectivity index (χ3v) is 2.04. The van der Waals surface area contributed by atoms with Crippen molar-refractivity contribution in [2.75, 3.05) is 20.3 Å². The third-order valence-electron chi connectivity index (χ3n) is 2.04. The van der Waals surface area contributed by atoms with Crippen LogP contribution in [0, 0.1) is 13.8 Å². The number of ether oxygens (including phenoxy) is 1. The largest absolute Gasteiger partial charge is 0.383 e. The maximum absolute atomic E-state index is 11.6. The van der Waals surface area contributed by atoms with Gasteiger partial charge in [0.1, 0.15) is 11.4 Å². The zero-order valence-electron chi connectivity index (χ0n) is 9.59. The number of H-pyrrole nitrogens is 1. The van der Waals surface area contributed by atoms with Crippen LogP contribution in [0.4, 0.5) is 0 Å². The van der Waals surface area contributed by atoms with E-state index in [2.05, 4.69) is 15.3 Å². The average molecular weight is 225 g/mol. The fraction of sp³-hybridized carbons (Fsp3) is 0.500. The predicted molar refractivity (Wildman–Crippen MR) is 58.5 cm³/mol. The van der Waals surface area contributed by atoms with Gasteiger partial charge in [0.2, 0.25) is 0 Å². The van der Waals surface area contributed by atoms with Gasteiger partial charge < -0.3 is 15.0 Å². The molecule has 0 bridgehead atoms. The van der Waals surface area contributed by atoms with Crippen LogP contribution in [0.25, 0.3) is 0 Å². The number of nitrogens with one attached hydrogen (secondary N) is 2. The Hall–Kier alpha value is -1.69. The summed E-state index contributed by atoms with van der Waals surface area (Å²) in [6.07, 6.45) is 0. The van der Waals surface area contributed by atoms with Gasteiger partial charge in [-0.1, -0.05) is 0 Å². The predicted octanol–water partition coefficient (Wildman–Crippen LogP) is -0.237. The van der Waals surface area contributed by atoms with Gasteiger partial charge in [0.15, 0.2) is 0 Å². The number of aromatic amines is 1. The molecule has 0 saturated carbocycles. The summed E-state index contributed by atoms with van der Waals surface area (Å²) in [6, 6.07) is 0. The molecule has 0 unspecified atom stereocenters. The Balaban J connectivity index is 2.87. The molecule has 0 aromatic carbocycles. The Morgan fingerprint density at radius 1 is 1.50 bits per heavy atom. The summed E-state index contributed by atoms with van der Waals surface area (Å²) in [7, 11) is 1.54. The second-order valence-electron chi connectivity index (χ2n) is 3.36. The van der Waals surface area contributed by atoms with Crippen molar-refractivity contribution in [3.8, 4) is 0 Å². The summed E-state index contributed by atoms with van der Waals surface area (Å²) in [5.41, 5.74) is 0.0674. The van der Waals surface area contributed by atoms with Crippen LogP contribution in [0.2, 0.25) is 0 Å². The van der Waals surface area contributed by atoms with Crippen LogP contribution >= 0.6 is 0 Å². The summed E-state index contributed by atoms with van der Waals surface area (Å²) in [6.45, 7) is 4.07. The first-order valence-electron chi connectivity index (χ1n) is 4.91. The fourth-order valence-electron chi connectivity index (χ4n) is 1.35. The quantitative estimate of drug-likeness (QED) is 0.693. The molecule has 6 nitrogen and oxygen atoms in total. The Labute approximate surface area is 93.0 Å². The average Bonchev–Trinajstić information content (AvgIpc) is 2.16. The Morgan fingerprint density at radius 3 is 2.75 bits per heavy atom. The highest BCUT2D eigenvalue weighted by Crippen LogP contribution is 1.98. The number of hydrogen-bond donors (Lipinski definition) is 2. The molecule has 0 fully saturated rings. The Bertz CT molecular complexity index is 439. The van der Waals surface area contributed by atoms with Gasteiger partial charge in [0.05, 0.1) is 12.3 Å². The van der Waals surface area contributed by atoms with E-state index >= 15 is 0 Å². The van der Waals surface area contributed by atoms with Crippen LogP contribution in [0.15, 0.2) is 4.79 Å². The molecule has 1 heterocycles. The number of carbonyl (C=O) groups is 1. The first kappa shape index (κ1) is 12.4. The summed E-state index contributed by atoms with van der Waals surface area (Å²) >= 11 is 0. The van der Waals surface area contributed by atoms with E-state index in [0.717, 1.165) is 0 Å². The molecule has 0 saturated heterocycles. The zero-order valence-corrected chi connectivity index (χ0v) is 9.59. The highest BCUT2D eigenvalue weighted by molar-refractivity contribution is 5.94. The van der Waals surface area contributed by atoms with Crippen LogP contribution in [0.1, 0.15) is 21.9 Å². The molecule has 88 valence electrons. The third kappa shape index (κ3) is 2.90. The summed E-state index contributed by atoms with van der Waals surface area (Å²) in [4.78, 5) is 29.7. The highest BCUT2D eigenvalue weighted by Gasteiger charge is 2.14. The van der Waals surface area contributed by atoms with Crippen molar-refractivity contribution < 1.29 is 9.53 Å². The lowest BCUT2D eigenvalue weighted by Crippen LogP contribution is -2.33. The number of hydrogen-bond acceptors (Lipinski definition) is 4. The van der Waals surface area contributed by atoms with Gasteiger partial charge in [-0.2, -0.15) is 0 Å². The van der Waals surface area contributed by atoms with E-state index in [0.29, 0.717) is 24.7 Å². The number of nitrogens with zero attached hydrogens (tertiary/aromatic N) is 1. The van der Waals surface area contributed by atoms with Gasteiger partial charge in [0.25, 0.3) is 11.5 Å². The smallest absolute Gasteiger partial charge is 0.264 e. The fourth-order valence-corrected chi connectivity index (χ4v) is 1.35. The molecule has 1 aromatic heterocycles. The van der Waals surface area contributed by atoms with E-state index < -0.39 is 11.5 Å². The van der Waals surface area contributed by atoms with Crippen molar-refractivity contribution in [2.45, 2.75) is 13.8 Å². The van der Waals surface area contributed by atoms with Gasteiger partial charge in [-0.05, 0) is 13.8 Å². The number of rotatable bonds is 4. The topological polar surface area (TPSA) is 84.1 Å². The SMILES string of the molecule is COCCNC(=O)c1c(C)nc(C)[nH]c1=O. The van der Waals surface area contributed by atoms with Crippen molar-refractivity contribution in [3.63, 3.8) is 0 Å². The van der Waals surface area contributed by atoms with Crippen LogP contribution in [0.3, 0.4) is 0 Å². The number of amides is 1. The van der Waals surface area contributed by atoms with Crippen molar-refractivity contribution in [1.29, 1.82) is 0 Å². The minimum absolute atomic E-state index is 0.0571. The van der Waals surface area contributed by atoms with Gasteiger partial charge >= 0.3 is 0 Å². The minimum atomic E-state index is -0.427. The standard InChI is InChI=1S/C10H15N3O3/c1-6-8(9(14)11-4-5-16-3)10(15)13-7(2)12-6/h4-5H2,1-3H3,(H,11,14)(H,12,13,15). The van der Waals surface area contributed by atoms with Crippen molar-refractivity contribution in [1.82, 2.24) is 15.3 Å². The molecule has 6 heteroatoms. The molecular weight excluding hydrogens is 210 g/mol. The van der Waals surface area contributed by atoms with E-state index in [4.69, 9.17) is 4.74 Å². The first-order valence-corrected chi connectivity index (χ1v) is 4.91. The molecule has 0 atom stereocenters. The molecule has 0 aliphatic rings. The molecule has 0 radical (unpaired) electrons. The molecule has 0 spiro atoms. The molecule has 0 aliphatic carbocycles. The lowest BCUT2D eigenvalue weighted by atomic mass is 10.2. The molecule has 1 aromatic rings. The lowest BCUT2D eigenvalue weighted by molar-refractivity contribution is 0.0934. The van der Waals surface area contributed by atoms with Gasteiger partial charge in [-0.15, -0.1) is 0 Å². The van der Waals surface area contributed by atoms with Crippen LogP contribution in [-0.2, 0) is 4.74 Å². The van der Waals surface area contributed by atoms with E-state index in [-0.39, 0.29) is 5.56 Å². The molecule has 16 heavy (non-hydrogen) atoms.